The molecule has 3 atom stereocenters. The van der Waals surface area contributed by atoms with Gasteiger partial charge in [-0.1, -0.05) is 43.2 Å². The highest BCUT2D eigenvalue weighted by Gasteiger charge is 2.39. The number of hydrogen-bond donors (Lipinski definition) is 1. The molecule has 6 heteroatoms. The minimum Gasteiger partial charge on any atom is -0.461 e. The standard InChI is InChI=1S/C18H22O6/c1-12(19)16(20)24-18(22)15-10-6-5-9-14(15)17(21)23-11-13-7-3-2-4-8-13/h2-4,7-8,12,14-15,19H,5-6,9-11H2,1H3. The Morgan fingerprint density at radius 3 is 2.25 bits per heavy atom. The third-order valence-corrected chi connectivity index (χ3v) is 4.14. The van der Waals surface area contributed by atoms with Crippen molar-refractivity contribution in [3.63, 3.8) is 0 Å². The van der Waals surface area contributed by atoms with Crippen LogP contribution < -0.4 is 0 Å². The second-order valence-electron chi connectivity index (χ2n) is 6.01. The van der Waals surface area contributed by atoms with E-state index < -0.39 is 35.8 Å². The number of carbonyl (C=O) groups is 3. The average molecular weight is 334 g/mol. The molecular weight excluding hydrogens is 312 g/mol. The molecule has 1 aliphatic carbocycles. The maximum Gasteiger partial charge on any atom is 0.342 e. The molecule has 3 unspecified atom stereocenters. The highest BCUT2D eigenvalue weighted by Crippen LogP contribution is 2.32. The van der Waals surface area contributed by atoms with Gasteiger partial charge in [-0.25, -0.2) is 4.79 Å². The zero-order valence-corrected chi connectivity index (χ0v) is 13.6. The highest BCUT2D eigenvalue weighted by molar-refractivity contribution is 5.91. The summed E-state index contributed by atoms with van der Waals surface area (Å²) in [5.41, 5.74) is 0.866. The van der Waals surface area contributed by atoms with E-state index in [1.54, 1.807) is 0 Å². The monoisotopic (exact) mass is 334 g/mol. The predicted molar refractivity (Wildman–Crippen MR) is 84.5 cm³/mol. The van der Waals surface area contributed by atoms with Crippen molar-refractivity contribution in [3.05, 3.63) is 35.9 Å². The number of rotatable bonds is 5. The molecule has 0 spiro atoms. The lowest BCUT2D eigenvalue weighted by Gasteiger charge is -2.28. The molecule has 1 N–H and O–H groups in total. The lowest BCUT2D eigenvalue weighted by molar-refractivity contribution is -0.173. The first-order chi connectivity index (χ1) is 11.5. The molecule has 1 saturated carbocycles. The molecule has 1 aromatic carbocycles. The second kappa shape index (κ2) is 8.59. The Morgan fingerprint density at radius 2 is 1.67 bits per heavy atom. The molecule has 2 rings (SSSR count). The maximum atomic E-state index is 12.3. The number of hydrogen-bond acceptors (Lipinski definition) is 6. The van der Waals surface area contributed by atoms with E-state index in [0.717, 1.165) is 18.4 Å². The van der Waals surface area contributed by atoms with Crippen LogP contribution in [0.2, 0.25) is 0 Å². The molecule has 0 bridgehead atoms. The van der Waals surface area contributed by atoms with Crippen molar-refractivity contribution < 1.29 is 29.0 Å². The summed E-state index contributed by atoms with van der Waals surface area (Å²) in [7, 11) is 0. The van der Waals surface area contributed by atoms with Gasteiger partial charge >= 0.3 is 17.9 Å². The smallest absolute Gasteiger partial charge is 0.342 e. The summed E-state index contributed by atoms with van der Waals surface area (Å²) in [6.45, 7) is 1.37. The molecule has 0 amide bonds. The lowest BCUT2D eigenvalue weighted by Crippen LogP contribution is -2.37. The molecule has 1 fully saturated rings. The van der Waals surface area contributed by atoms with E-state index in [0.29, 0.717) is 12.8 Å². The topological polar surface area (TPSA) is 89.9 Å². The van der Waals surface area contributed by atoms with E-state index in [-0.39, 0.29) is 6.61 Å². The van der Waals surface area contributed by atoms with Crippen LogP contribution in [0.15, 0.2) is 30.3 Å². The van der Waals surface area contributed by atoms with Crippen molar-refractivity contribution in [1.82, 2.24) is 0 Å². The summed E-state index contributed by atoms with van der Waals surface area (Å²) < 4.78 is 9.98. The van der Waals surface area contributed by atoms with Crippen molar-refractivity contribution in [2.24, 2.45) is 11.8 Å². The first-order valence-corrected chi connectivity index (χ1v) is 8.13. The fourth-order valence-corrected chi connectivity index (χ4v) is 2.79. The minimum atomic E-state index is -1.37. The van der Waals surface area contributed by atoms with E-state index >= 15 is 0 Å². The molecule has 0 radical (unpaired) electrons. The van der Waals surface area contributed by atoms with Gasteiger partial charge in [-0.3, -0.25) is 9.59 Å². The van der Waals surface area contributed by atoms with Crippen LogP contribution in [0.4, 0.5) is 0 Å². The largest absolute Gasteiger partial charge is 0.461 e. The Balaban J connectivity index is 1.96. The van der Waals surface area contributed by atoms with Gasteiger partial charge in [0, 0.05) is 0 Å². The van der Waals surface area contributed by atoms with E-state index in [1.807, 2.05) is 30.3 Å². The molecule has 1 aliphatic rings. The van der Waals surface area contributed by atoms with Crippen molar-refractivity contribution in [1.29, 1.82) is 0 Å². The molecule has 0 saturated heterocycles. The molecule has 130 valence electrons. The van der Waals surface area contributed by atoms with Crippen LogP contribution in [0.25, 0.3) is 0 Å². The zero-order valence-electron chi connectivity index (χ0n) is 13.6. The molecule has 6 nitrogen and oxygen atoms in total. The summed E-state index contributed by atoms with van der Waals surface area (Å²) in [6, 6.07) is 9.28. The summed E-state index contributed by atoms with van der Waals surface area (Å²) >= 11 is 0. The van der Waals surface area contributed by atoms with Gasteiger partial charge in [0.15, 0.2) is 0 Å². The molecular formula is C18H22O6. The van der Waals surface area contributed by atoms with Crippen LogP contribution in [-0.4, -0.2) is 29.1 Å². The van der Waals surface area contributed by atoms with Crippen LogP contribution in [-0.2, 0) is 30.5 Å². The molecule has 24 heavy (non-hydrogen) atoms. The summed E-state index contributed by atoms with van der Waals surface area (Å²) in [5.74, 6) is -3.53. The third kappa shape index (κ3) is 4.89. The normalized spacial score (nSPS) is 21.6. The zero-order chi connectivity index (χ0) is 17.5. The van der Waals surface area contributed by atoms with E-state index in [2.05, 4.69) is 4.74 Å². The van der Waals surface area contributed by atoms with E-state index in [9.17, 15) is 14.4 Å². The fraction of sp³-hybridized carbons (Fsp3) is 0.500. The second-order valence-corrected chi connectivity index (χ2v) is 6.01. The Bertz CT molecular complexity index is 580. The maximum absolute atomic E-state index is 12.3. The van der Waals surface area contributed by atoms with Gasteiger partial charge in [0.25, 0.3) is 0 Å². The van der Waals surface area contributed by atoms with Crippen LogP contribution in [0.5, 0.6) is 0 Å². The van der Waals surface area contributed by atoms with Crippen LogP contribution in [0.3, 0.4) is 0 Å². The molecule has 0 aliphatic heterocycles. The highest BCUT2D eigenvalue weighted by atomic mass is 16.6. The van der Waals surface area contributed by atoms with Gasteiger partial charge < -0.3 is 14.6 Å². The van der Waals surface area contributed by atoms with Gasteiger partial charge in [0.2, 0.25) is 0 Å². The van der Waals surface area contributed by atoms with Gasteiger partial charge in [-0.15, -0.1) is 0 Å². The van der Waals surface area contributed by atoms with Crippen LogP contribution in [0, 0.1) is 11.8 Å². The summed E-state index contributed by atoms with van der Waals surface area (Å²) in [5, 5.41) is 9.14. The molecule has 0 heterocycles. The number of aliphatic hydroxyl groups excluding tert-OH is 1. The number of benzene rings is 1. The van der Waals surface area contributed by atoms with Crippen LogP contribution >= 0.6 is 0 Å². The number of aliphatic hydroxyl groups is 1. The SMILES string of the molecule is CC(O)C(=O)OC(=O)C1CCCCC1C(=O)OCc1ccccc1. The Labute approximate surface area is 140 Å². The number of ether oxygens (including phenoxy) is 2. The van der Waals surface area contributed by atoms with Crippen LogP contribution in [0.1, 0.15) is 38.2 Å². The van der Waals surface area contributed by atoms with Gasteiger partial charge in [0.05, 0.1) is 11.8 Å². The van der Waals surface area contributed by atoms with E-state index in [1.165, 1.54) is 6.92 Å². The lowest BCUT2D eigenvalue weighted by atomic mass is 9.79. The predicted octanol–water partition coefficient (Wildman–Crippen LogP) is 1.99. The summed E-state index contributed by atoms with van der Waals surface area (Å²) in [4.78, 5) is 35.9. The summed E-state index contributed by atoms with van der Waals surface area (Å²) in [6.07, 6.45) is 1.22. The van der Waals surface area contributed by atoms with Crippen molar-refractivity contribution in [3.8, 4) is 0 Å². The quantitative estimate of drug-likeness (QED) is 0.654. The van der Waals surface area contributed by atoms with Gasteiger partial charge in [0.1, 0.15) is 12.7 Å². The first-order valence-electron chi connectivity index (χ1n) is 8.13. The van der Waals surface area contributed by atoms with Crippen molar-refractivity contribution in [2.45, 2.75) is 45.3 Å². The molecule has 1 aromatic rings. The van der Waals surface area contributed by atoms with Gasteiger partial charge in [-0.2, -0.15) is 0 Å². The Morgan fingerprint density at radius 1 is 1.08 bits per heavy atom. The minimum absolute atomic E-state index is 0.143. The Kier molecular flexibility index (Phi) is 6.49. The van der Waals surface area contributed by atoms with Gasteiger partial charge in [-0.05, 0) is 25.3 Å². The van der Waals surface area contributed by atoms with Crippen molar-refractivity contribution in [2.75, 3.05) is 0 Å². The Hall–Kier alpha value is -2.21. The third-order valence-electron chi connectivity index (χ3n) is 4.14. The fourth-order valence-electron chi connectivity index (χ4n) is 2.79. The van der Waals surface area contributed by atoms with Crippen molar-refractivity contribution >= 4 is 17.9 Å². The molecule has 0 aromatic heterocycles. The average Bonchev–Trinajstić information content (AvgIpc) is 2.60. The van der Waals surface area contributed by atoms with E-state index in [4.69, 9.17) is 9.84 Å². The number of esters is 3. The number of carbonyl (C=O) groups excluding carboxylic acids is 3. The first kappa shape index (κ1) is 18.1.